The Bertz CT molecular complexity index is 1150. The summed E-state index contributed by atoms with van der Waals surface area (Å²) < 4.78 is 22.7. The van der Waals surface area contributed by atoms with E-state index in [0.29, 0.717) is 65.9 Å². The third-order valence-electron chi connectivity index (χ3n) is 5.62. The van der Waals surface area contributed by atoms with Gasteiger partial charge < -0.3 is 23.5 Å². The number of nitrogens with zero attached hydrogens (tertiary/aromatic N) is 3. The molecule has 0 radical (unpaired) electrons. The number of morpholine rings is 1. The third-order valence-corrected chi connectivity index (χ3v) is 5.85. The van der Waals surface area contributed by atoms with Crippen LogP contribution >= 0.6 is 11.6 Å². The minimum Gasteiger partial charge on any atom is -0.493 e. The molecule has 1 saturated heterocycles. The van der Waals surface area contributed by atoms with Crippen LogP contribution < -0.4 is 4.74 Å². The summed E-state index contributed by atoms with van der Waals surface area (Å²) in [5, 5.41) is 0.639. The van der Waals surface area contributed by atoms with Crippen LogP contribution in [0.4, 0.5) is 0 Å². The minimum atomic E-state index is -0.441. The number of carbonyl (C=O) groups is 1. The molecule has 1 amide bonds. The molecule has 3 aromatic rings. The summed E-state index contributed by atoms with van der Waals surface area (Å²) in [4.78, 5) is 24.2. The Morgan fingerprint density at radius 3 is 2.82 bits per heavy atom. The molecule has 1 unspecified atom stereocenters. The van der Waals surface area contributed by atoms with Crippen molar-refractivity contribution in [3.05, 3.63) is 52.6 Å². The lowest BCUT2D eigenvalue weighted by molar-refractivity contribution is -0.113. The van der Waals surface area contributed by atoms with E-state index >= 15 is 0 Å². The monoisotopic (exact) mass is 473 g/mol. The fourth-order valence-corrected chi connectivity index (χ4v) is 4.16. The van der Waals surface area contributed by atoms with Crippen molar-refractivity contribution < 1.29 is 23.4 Å². The van der Waals surface area contributed by atoms with E-state index in [9.17, 15) is 4.79 Å². The van der Waals surface area contributed by atoms with Crippen molar-refractivity contribution >= 4 is 28.6 Å². The molecule has 4 rings (SSSR count). The Balaban J connectivity index is 1.60. The van der Waals surface area contributed by atoms with Crippen LogP contribution in [0.2, 0.25) is 5.02 Å². The molecule has 1 aliphatic rings. The van der Waals surface area contributed by atoms with Crippen LogP contribution in [0.3, 0.4) is 0 Å². The number of rotatable bonds is 7. The zero-order chi connectivity index (χ0) is 23.6. The van der Waals surface area contributed by atoms with Gasteiger partial charge >= 0.3 is 0 Å². The number of fused-ring (bicyclic) bond motifs is 1. The van der Waals surface area contributed by atoms with E-state index in [-0.39, 0.29) is 11.9 Å². The largest absolute Gasteiger partial charge is 0.493 e. The molecule has 3 heterocycles. The SMILES string of the molecule is COCC1COC(C)(C)CN1C(=O)c1cc(OC)c2oc(CCc3cc(Cl)ccn3)nc2c1. The molecule has 0 aliphatic carbocycles. The first-order valence-corrected chi connectivity index (χ1v) is 11.2. The van der Waals surface area contributed by atoms with E-state index in [0.717, 1.165) is 5.69 Å². The highest BCUT2D eigenvalue weighted by atomic mass is 35.5. The van der Waals surface area contributed by atoms with Crippen LogP contribution in [0.5, 0.6) is 5.75 Å². The molecule has 2 aromatic heterocycles. The molecule has 1 aromatic carbocycles. The highest BCUT2D eigenvalue weighted by Crippen LogP contribution is 2.31. The van der Waals surface area contributed by atoms with Gasteiger partial charge in [-0.1, -0.05) is 11.6 Å². The fraction of sp³-hybridized carbons (Fsp3) is 0.458. The normalized spacial score (nSPS) is 18.0. The first-order valence-electron chi connectivity index (χ1n) is 10.8. The number of aromatic nitrogens is 2. The van der Waals surface area contributed by atoms with Crippen molar-refractivity contribution in [2.24, 2.45) is 0 Å². The number of pyridine rings is 1. The molecule has 0 saturated carbocycles. The van der Waals surface area contributed by atoms with Crippen LogP contribution in [-0.4, -0.2) is 66.4 Å². The molecule has 0 N–H and O–H groups in total. The Morgan fingerprint density at radius 2 is 2.09 bits per heavy atom. The highest BCUT2D eigenvalue weighted by Gasteiger charge is 2.37. The van der Waals surface area contributed by atoms with Gasteiger partial charge in [-0.15, -0.1) is 0 Å². The molecule has 33 heavy (non-hydrogen) atoms. The van der Waals surface area contributed by atoms with Gasteiger partial charge in [-0.3, -0.25) is 9.78 Å². The van der Waals surface area contributed by atoms with Crippen molar-refractivity contribution in [3.8, 4) is 5.75 Å². The molecule has 8 nitrogen and oxygen atoms in total. The molecule has 176 valence electrons. The number of aryl methyl sites for hydroxylation is 2. The summed E-state index contributed by atoms with van der Waals surface area (Å²) in [5.41, 5.74) is 1.98. The number of benzene rings is 1. The van der Waals surface area contributed by atoms with Gasteiger partial charge in [-0.2, -0.15) is 0 Å². The smallest absolute Gasteiger partial charge is 0.254 e. The number of hydrogen-bond acceptors (Lipinski definition) is 7. The zero-order valence-corrected chi connectivity index (χ0v) is 20.0. The molecular weight excluding hydrogens is 446 g/mol. The van der Waals surface area contributed by atoms with E-state index in [4.69, 9.17) is 30.2 Å². The van der Waals surface area contributed by atoms with E-state index in [2.05, 4.69) is 9.97 Å². The summed E-state index contributed by atoms with van der Waals surface area (Å²) in [7, 11) is 3.17. The van der Waals surface area contributed by atoms with Gasteiger partial charge in [0.05, 0.1) is 32.0 Å². The lowest BCUT2D eigenvalue weighted by atomic mass is 10.0. The van der Waals surface area contributed by atoms with Crippen LogP contribution in [0.25, 0.3) is 11.1 Å². The van der Waals surface area contributed by atoms with Crippen molar-refractivity contribution in [1.82, 2.24) is 14.9 Å². The first kappa shape index (κ1) is 23.5. The summed E-state index contributed by atoms with van der Waals surface area (Å²) in [6.45, 7) is 5.21. The molecule has 1 atom stereocenters. The number of carbonyl (C=O) groups excluding carboxylic acids is 1. The van der Waals surface area contributed by atoms with Crippen molar-refractivity contribution in [2.75, 3.05) is 34.0 Å². The van der Waals surface area contributed by atoms with Crippen molar-refractivity contribution in [3.63, 3.8) is 0 Å². The van der Waals surface area contributed by atoms with Crippen molar-refractivity contribution in [1.29, 1.82) is 0 Å². The van der Waals surface area contributed by atoms with Crippen LogP contribution in [0.15, 0.2) is 34.9 Å². The highest BCUT2D eigenvalue weighted by molar-refractivity contribution is 6.30. The second-order valence-electron chi connectivity index (χ2n) is 8.71. The topological polar surface area (TPSA) is 86.9 Å². The van der Waals surface area contributed by atoms with Crippen LogP contribution in [0.1, 0.15) is 35.8 Å². The first-order chi connectivity index (χ1) is 15.8. The van der Waals surface area contributed by atoms with Gasteiger partial charge in [-0.05, 0) is 44.5 Å². The predicted molar refractivity (Wildman–Crippen MR) is 124 cm³/mol. The third kappa shape index (κ3) is 5.29. The molecule has 1 aliphatic heterocycles. The summed E-state index contributed by atoms with van der Waals surface area (Å²) in [6.07, 6.45) is 2.85. The Hall–Kier alpha value is -2.68. The lowest BCUT2D eigenvalue weighted by Gasteiger charge is -2.43. The molecule has 0 spiro atoms. The molecule has 1 fully saturated rings. The molecule has 0 bridgehead atoms. The number of amides is 1. The van der Waals surface area contributed by atoms with E-state index in [1.54, 1.807) is 43.5 Å². The number of halogens is 1. The number of hydrogen-bond donors (Lipinski definition) is 0. The number of oxazole rings is 1. The molecular formula is C24H28ClN3O5. The average Bonchev–Trinajstić information content (AvgIpc) is 3.21. The Morgan fingerprint density at radius 1 is 1.27 bits per heavy atom. The van der Waals surface area contributed by atoms with Gasteiger partial charge in [0.2, 0.25) is 0 Å². The van der Waals surface area contributed by atoms with E-state index in [1.807, 2.05) is 19.9 Å². The predicted octanol–water partition coefficient (Wildman–Crippen LogP) is 3.94. The van der Waals surface area contributed by atoms with E-state index < -0.39 is 5.60 Å². The summed E-state index contributed by atoms with van der Waals surface area (Å²) in [6, 6.07) is 6.83. The van der Waals surface area contributed by atoms with E-state index in [1.165, 1.54) is 0 Å². The van der Waals surface area contributed by atoms with Gasteiger partial charge in [0.15, 0.2) is 17.2 Å². The lowest BCUT2D eigenvalue weighted by Crippen LogP contribution is -2.57. The summed E-state index contributed by atoms with van der Waals surface area (Å²) in [5.74, 6) is 0.882. The second kappa shape index (κ2) is 9.67. The van der Waals surface area contributed by atoms with Crippen LogP contribution in [-0.2, 0) is 22.3 Å². The summed E-state index contributed by atoms with van der Waals surface area (Å²) >= 11 is 6.04. The van der Waals surface area contributed by atoms with Crippen molar-refractivity contribution in [2.45, 2.75) is 38.3 Å². The van der Waals surface area contributed by atoms with Gasteiger partial charge in [0.1, 0.15) is 5.52 Å². The standard InChI is InChI=1S/C24H28ClN3O5/c1-24(2)14-28(18(12-30-3)13-32-24)23(29)15-9-19-22(20(10-15)31-4)33-21(27-19)6-5-17-11-16(25)7-8-26-17/h7-11,18H,5-6,12-14H2,1-4H3. The molecule has 9 heteroatoms. The average molecular weight is 474 g/mol. The maximum Gasteiger partial charge on any atom is 0.254 e. The number of ether oxygens (including phenoxy) is 3. The maximum absolute atomic E-state index is 13.5. The van der Waals surface area contributed by atoms with Gasteiger partial charge in [0, 0.05) is 42.6 Å². The fourth-order valence-electron chi connectivity index (χ4n) is 3.98. The number of methoxy groups -OCH3 is 2. The Kier molecular flexibility index (Phi) is 6.88. The minimum absolute atomic E-state index is 0.124. The quantitative estimate of drug-likeness (QED) is 0.513. The van der Waals surface area contributed by atoms with Gasteiger partial charge in [-0.25, -0.2) is 4.98 Å². The second-order valence-corrected chi connectivity index (χ2v) is 9.15. The van der Waals surface area contributed by atoms with Gasteiger partial charge in [0.25, 0.3) is 5.91 Å². The van der Waals surface area contributed by atoms with Crippen LogP contribution in [0, 0.1) is 0 Å². The zero-order valence-electron chi connectivity index (χ0n) is 19.3. The Labute approximate surface area is 197 Å². The maximum atomic E-state index is 13.5.